The number of rotatable bonds is 13. The molecule has 0 bridgehead atoms. The first-order valence-electron chi connectivity index (χ1n) is 11.1. The molecule has 1 saturated heterocycles. The van der Waals surface area contributed by atoms with E-state index in [4.69, 9.17) is 11.5 Å². The third-order valence-electron chi connectivity index (χ3n) is 5.38. The Balaban J connectivity index is 1.87. The minimum absolute atomic E-state index is 0.0668. The van der Waals surface area contributed by atoms with E-state index in [1.54, 1.807) is 18.2 Å². The van der Waals surface area contributed by atoms with Crippen molar-refractivity contribution in [3.8, 4) is 0 Å². The average Bonchev–Trinajstić information content (AvgIpc) is 3.30. The van der Waals surface area contributed by atoms with Crippen LogP contribution in [-0.2, 0) is 24.4 Å². The first-order valence-corrected chi connectivity index (χ1v) is 12.6. The summed E-state index contributed by atoms with van der Waals surface area (Å²) in [6, 6.07) is 5.36. The van der Waals surface area contributed by atoms with Gasteiger partial charge in [0.25, 0.3) is 0 Å². The molecule has 0 radical (unpaired) electrons. The van der Waals surface area contributed by atoms with Gasteiger partial charge < -0.3 is 15.7 Å². The van der Waals surface area contributed by atoms with E-state index in [2.05, 4.69) is 15.6 Å². The van der Waals surface area contributed by atoms with Crippen LogP contribution < -0.4 is 27.1 Å². The Labute approximate surface area is 198 Å². The summed E-state index contributed by atoms with van der Waals surface area (Å²) in [7, 11) is -3.90. The molecule has 2 unspecified atom stereocenters. The lowest BCUT2D eigenvalue weighted by atomic mass is 10.1. The van der Waals surface area contributed by atoms with E-state index in [9.17, 15) is 27.9 Å². The number of carboxylic acids is 1. The second-order valence-electron chi connectivity index (χ2n) is 7.98. The lowest BCUT2D eigenvalue weighted by Crippen LogP contribution is -2.78. The fourth-order valence-electron chi connectivity index (χ4n) is 3.61. The van der Waals surface area contributed by atoms with Crippen molar-refractivity contribution in [2.75, 3.05) is 19.6 Å². The van der Waals surface area contributed by atoms with E-state index in [1.165, 1.54) is 12.1 Å². The summed E-state index contributed by atoms with van der Waals surface area (Å²) in [5.74, 6) is -2.24. The summed E-state index contributed by atoms with van der Waals surface area (Å²) in [5, 5.41) is 14.4. The SMILES string of the molecule is NC(N)=[NH+]CCCCCC(=O)NCC(NC(=O)C1CCCN1S(=O)(=O)c1ccccc1)C(=O)O. The highest BCUT2D eigenvalue weighted by Gasteiger charge is 2.40. The predicted octanol–water partition coefficient (Wildman–Crippen LogP) is -2.56. The lowest BCUT2D eigenvalue weighted by Gasteiger charge is -2.25. The Morgan fingerprint density at radius 3 is 2.50 bits per heavy atom. The molecule has 0 aromatic heterocycles. The maximum Gasteiger partial charge on any atom is 0.338 e. The molecule has 1 fully saturated rings. The first-order chi connectivity index (χ1) is 16.1. The van der Waals surface area contributed by atoms with Gasteiger partial charge in [-0.1, -0.05) is 18.2 Å². The van der Waals surface area contributed by atoms with Gasteiger partial charge >= 0.3 is 11.9 Å². The number of unbranched alkanes of at least 4 members (excludes halogenated alkanes) is 2. The maximum absolute atomic E-state index is 12.9. The topological polar surface area (TPSA) is 199 Å². The highest BCUT2D eigenvalue weighted by Crippen LogP contribution is 2.26. The van der Waals surface area contributed by atoms with E-state index in [0.29, 0.717) is 19.4 Å². The Morgan fingerprint density at radius 2 is 1.85 bits per heavy atom. The quantitative estimate of drug-likeness (QED) is 0.0971. The monoisotopic (exact) mass is 497 g/mol. The molecular weight excluding hydrogens is 464 g/mol. The van der Waals surface area contributed by atoms with Gasteiger partial charge in [-0.05, 0) is 44.2 Å². The number of aliphatic carboxylic acids is 1. The van der Waals surface area contributed by atoms with Crippen molar-refractivity contribution < 1.29 is 32.9 Å². The third kappa shape index (κ3) is 7.99. The van der Waals surface area contributed by atoms with Crippen LogP contribution in [0.5, 0.6) is 0 Å². The van der Waals surface area contributed by atoms with Crippen LogP contribution in [0.15, 0.2) is 35.2 Å². The van der Waals surface area contributed by atoms with Crippen LogP contribution in [0.4, 0.5) is 0 Å². The normalized spacial score (nSPS) is 17.0. The van der Waals surface area contributed by atoms with Gasteiger partial charge in [0.2, 0.25) is 21.8 Å². The Kier molecular flexibility index (Phi) is 10.3. The van der Waals surface area contributed by atoms with Gasteiger partial charge in [-0.15, -0.1) is 0 Å². The van der Waals surface area contributed by atoms with Crippen molar-refractivity contribution in [1.82, 2.24) is 14.9 Å². The molecule has 1 heterocycles. The summed E-state index contributed by atoms with van der Waals surface area (Å²) in [6.45, 7) is 0.447. The van der Waals surface area contributed by atoms with Crippen LogP contribution in [0.1, 0.15) is 38.5 Å². The minimum atomic E-state index is -3.90. The highest BCUT2D eigenvalue weighted by atomic mass is 32.2. The lowest BCUT2D eigenvalue weighted by molar-refractivity contribution is -0.459. The molecule has 0 saturated carbocycles. The zero-order chi connectivity index (χ0) is 25.1. The molecule has 1 aliphatic heterocycles. The first kappa shape index (κ1) is 27.1. The number of hydrogen-bond acceptors (Lipinski definition) is 5. The van der Waals surface area contributed by atoms with Crippen LogP contribution in [0.3, 0.4) is 0 Å². The Morgan fingerprint density at radius 1 is 1.15 bits per heavy atom. The number of carbonyl (C=O) groups is 3. The molecule has 34 heavy (non-hydrogen) atoms. The van der Waals surface area contributed by atoms with E-state index < -0.39 is 34.0 Å². The number of hydrogen-bond donors (Lipinski definition) is 6. The zero-order valence-corrected chi connectivity index (χ0v) is 19.7. The number of guanidine groups is 1. The van der Waals surface area contributed by atoms with Crippen molar-refractivity contribution in [3.63, 3.8) is 0 Å². The summed E-state index contributed by atoms with van der Waals surface area (Å²) in [5.41, 5.74) is 10.6. The number of nitrogens with zero attached hydrogens (tertiary/aromatic N) is 1. The van der Waals surface area contributed by atoms with E-state index in [1.807, 2.05) is 0 Å². The fourth-order valence-corrected chi connectivity index (χ4v) is 5.29. The molecule has 2 rings (SSSR count). The molecule has 8 N–H and O–H groups in total. The van der Waals surface area contributed by atoms with Crippen molar-refractivity contribution in [2.24, 2.45) is 11.5 Å². The predicted molar refractivity (Wildman–Crippen MR) is 124 cm³/mol. The molecule has 188 valence electrons. The van der Waals surface area contributed by atoms with Gasteiger partial charge in [-0.3, -0.25) is 26.0 Å². The fraction of sp³-hybridized carbons (Fsp3) is 0.524. The van der Waals surface area contributed by atoms with Crippen molar-refractivity contribution in [3.05, 3.63) is 30.3 Å². The maximum atomic E-state index is 12.9. The zero-order valence-electron chi connectivity index (χ0n) is 18.9. The number of carboxylic acid groups (broad SMARTS) is 1. The van der Waals surface area contributed by atoms with Crippen LogP contribution in [0.2, 0.25) is 0 Å². The molecule has 12 nitrogen and oxygen atoms in total. The van der Waals surface area contributed by atoms with Gasteiger partial charge in [0.05, 0.1) is 11.4 Å². The summed E-state index contributed by atoms with van der Waals surface area (Å²) < 4.78 is 27.0. The smallest absolute Gasteiger partial charge is 0.338 e. The van der Waals surface area contributed by atoms with Crippen LogP contribution in [0, 0.1) is 0 Å². The number of benzene rings is 1. The second kappa shape index (κ2) is 12.9. The van der Waals surface area contributed by atoms with E-state index in [0.717, 1.165) is 17.1 Å². The second-order valence-corrected chi connectivity index (χ2v) is 9.87. The van der Waals surface area contributed by atoms with Crippen LogP contribution >= 0.6 is 0 Å². The highest BCUT2D eigenvalue weighted by molar-refractivity contribution is 7.89. The van der Waals surface area contributed by atoms with E-state index in [-0.39, 0.29) is 42.7 Å². The van der Waals surface area contributed by atoms with Crippen molar-refractivity contribution in [2.45, 2.75) is 55.5 Å². The molecule has 0 aliphatic carbocycles. The Hall–Kier alpha value is -3.19. The standard InChI is InChI=1S/C21H32N6O6S/c22-21(23)24-12-6-2-5-11-18(28)25-14-16(20(30)31)26-19(29)17-10-7-13-27(17)34(32,33)15-8-3-1-4-9-15/h1,3-4,8-9,16-17H,2,5-7,10-14H2,(H,25,28)(H,26,29)(H,30,31)(H4,22,23,24)/p+1. The largest absolute Gasteiger partial charge is 0.480 e. The van der Waals surface area contributed by atoms with Crippen molar-refractivity contribution in [1.29, 1.82) is 0 Å². The van der Waals surface area contributed by atoms with Crippen LogP contribution in [-0.4, -0.2) is 73.3 Å². The molecular formula is C21H33N6O6S+. The molecule has 0 spiro atoms. The number of nitrogens with one attached hydrogen (secondary N) is 3. The number of nitrogens with two attached hydrogens (primary N) is 2. The van der Waals surface area contributed by atoms with Gasteiger partial charge in [0.15, 0.2) is 0 Å². The van der Waals surface area contributed by atoms with Gasteiger partial charge in [-0.2, -0.15) is 4.31 Å². The molecule has 1 aliphatic rings. The van der Waals surface area contributed by atoms with Crippen molar-refractivity contribution >= 4 is 33.8 Å². The molecule has 13 heteroatoms. The molecule has 1 aromatic carbocycles. The summed E-state index contributed by atoms with van der Waals surface area (Å²) in [4.78, 5) is 39.3. The minimum Gasteiger partial charge on any atom is -0.480 e. The van der Waals surface area contributed by atoms with E-state index >= 15 is 0 Å². The number of amides is 2. The van der Waals surface area contributed by atoms with Gasteiger partial charge in [-0.25, -0.2) is 13.2 Å². The van der Waals surface area contributed by atoms with Crippen LogP contribution in [0.25, 0.3) is 0 Å². The third-order valence-corrected chi connectivity index (χ3v) is 7.31. The van der Waals surface area contributed by atoms with Gasteiger partial charge in [0.1, 0.15) is 12.1 Å². The number of sulfonamides is 1. The number of carbonyl (C=O) groups excluding carboxylic acids is 2. The average molecular weight is 498 g/mol. The Bertz CT molecular complexity index is 981. The molecule has 2 amide bonds. The summed E-state index contributed by atoms with van der Waals surface area (Å²) in [6.07, 6.45) is 3.07. The molecule has 1 aromatic rings. The molecule has 2 atom stereocenters. The summed E-state index contributed by atoms with van der Waals surface area (Å²) >= 11 is 0. The van der Waals surface area contributed by atoms with Gasteiger partial charge in [0, 0.05) is 19.5 Å².